The van der Waals surface area contributed by atoms with Crippen molar-refractivity contribution in [2.45, 2.75) is 19.9 Å². The number of hydrogen-bond donors (Lipinski definition) is 1. The van der Waals surface area contributed by atoms with Crippen molar-refractivity contribution in [1.82, 2.24) is 24.9 Å². The number of ether oxygens (including phenoxy) is 2. The van der Waals surface area contributed by atoms with Crippen LogP contribution in [-0.4, -0.2) is 40.3 Å². The third kappa shape index (κ3) is 2.90. The number of nitrogens with zero attached hydrogens (tertiary/aromatic N) is 4. The molecule has 3 rings (SSSR count). The van der Waals surface area contributed by atoms with Crippen molar-refractivity contribution >= 4 is 5.52 Å². The Hall–Kier alpha value is -2.67. The zero-order valence-electron chi connectivity index (χ0n) is 14.3. The summed E-state index contributed by atoms with van der Waals surface area (Å²) in [5, 5.41) is 7.58. The van der Waals surface area contributed by atoms with Gasteiger partial charge in [0.25, 0.3) is 0 Å². The summed E-state index contributed by atoms with van der Waals surface area (Å²) in [6.45, 7) is 5.02. The van der Waals surface area contributed by atoms with Crippen LogP contribution in [0.5, 0.6) is 11.8 Å². The number of hydrogen-bond acceptors (Lipinski definition) is 6. The van der Waals surface area contributed by atoms with Gasteiger partial charge in [0, 0.05) is 11.6 Å². The molecule has 1 unspecified atom stereocenters. The van der Waals surface area contributed by atoms with Gasteiger partial charge in [-0.05, 0) is 31.7 Å². The summed E-state index contributed by atoms with van der Waals surface area (Å²) in [5.74, 6) is 0.667. The third-order valence-electron chi connectivity index (χ3n) is 3.87. The molecule has 3 aromatic heterocycles. The zero-order chi connectivity index (χ0) is 17.1. The van der Waals surface area contributed by atoms with E-state index in [1.54, 1.807) is 31.1 Å². The van der Waals surface area contributed by atoms with E-state index in [9.17, 15) is 0 Å². The number of methoxy groups -OCH3 is 2. The highest BCUT2D eigenvalue weighted by Gasteiger charge is 2.16. The van der Waals surface area contributed by atoms with Crippen LogP contribution in [-0.2, 0) is 0 Å². The molecule has 7 nitrogen and oxygen atoms in total. The fourth-order valence-corrected chi connectivity index (χ4v) is 2.64. The van der Waals surface area contributed by atoms with Crippen molar-refractivity contribution in [1.29, 1.82) is 0 Å². The first-order valence-electron chi connectivity index (χ1n) is 7.84. The van der Waals surface area contributed by atoms with Crippen LogP contribution in [0.3, 0.4) is 0 Å². The highest BCUT2D eigenvalue weighted by atomic mass is 16.5. The molecule has 126 valence electrons. The molecule has 0 spiro atoms. The van der Waals surface area contributed by atoms with E-state index in [1.807, 2.05) is 18.2 Å². The minimum atomic E-state index is 0.139. The van der Waals surface area contributed by atoms with Crippen molar-refractivity contribution < 1.29 is 9.47 Å². The monoisotopic (exact) mass is 327 g/mol. The maximum atomic E-state index is 5.48. The van der Waals surface area contributed by atoms with Gasteiger partial charge in [0.05, 0.1) is 43.5 Å². The lowest BCUT2D eigenvalue weighted by molar-refractivity contribution is 0.367. The first kappa shape index (κ1) is 16.2. The highest BCUT2D eigenvalue weighted by Crippen LogP contribution is 2.32. The molecule has 0 aliphatic carbocycles. The fourth-order valence-electron chi connectivity index (χ4n) is 2.64. The van der Waals surface area contributed by atoms with Crippen LogP contribution in [0.1, 0.15) is 25.6 Å². The van der Waals surface area contributed by atoms with E-state index in [2.05, 4.69) is 34.2 Å². The smallest absolute Gasteiger partial charge is 0.318 e. The van der Waals surface area contributed by atoms with Crippen LogP contribution in [0.2, 0.25) is 0 Å². The molecule has 0 bridgehead atoms. The van der Waals surface area contributed by atoms with Crippen LogP contribution in [0.4, 0.5) is 0 Å². The molecule has 0 amide bonds. The summed E-state index contributed by atoms with van der Waals surface area (Å²) < 4.78 is 12.5. The van der Waals surface area contributed by atoms with Gasteiger partial charge in [0.15, 0.2) is 0 Å². The maximum absolute atomic E-state index is 5.48. The Morgan fingerprint density at radius 2 is 2.08 bits per heavy atom. The Balaban J connectivity index is 2.14. The van der Waals surface area contributed by atoms with Gasteiger partial charge < -0.3 is 14.8 Å². The minimum Gasteiger partial charge on any atom is -0.494 e. The topological polar surface area (TPSA) is 73.6 Å². The molecule has 3 aromatic rings. The van der Waals surface area contributed by atoms with Crippen LogP contribution < -0.4 is 14.8 Å². The molecule has 1 atom stereocenters. The number of rotatable bonds is 6. The Labute approximate surface area is 140 Å². The Bertz CT molecular complexity index is 846. The molecule has 0 radical (unpaired) electrons. The van der Waals surface area contributed by atoms with Crippen LogP contribution in [0, 0.1) is 0 Å². The standard InChI is InChI=1S/C17H21N5O2/c1-5-18-11(2)14-9-13(16(23-3)10-19-14)15-8-12-6-7-20-22(12)17(21-15)24-4/h6-11,18H,5H2,1-4H3. The molecule has 0 aliphatic heterocycles. The highest BCUT2D eigenvalue weighted by molar-refractivity contribution is 5.71. The normalized spacial score (nSPS) is 12.3. The minimum absolute atomic E-state index is 0.139. The van der Waals surface area contributed by atoms with Gasteiger partial charge in [-0.3, -0.25) is 4.98 Å². The molecule has 3 heterocycles. The molecule has 7 heteroatoms. The number of nitrogens with one attached hydrogen (secondary N) is 1. The molecule has 24 heavy (non-hydrogen) atoms. The van der Waals surface area contributed by atoms with Crippen molar-refractivity contribution in [2.75, 3.05) is 20.8 Å². The van der Waals surface area contributed by atoms with Gasteiger partial charge >= 0.3 is 6.01 Å². The predicted molar refractivity (Wildman–Crippen MR) is 91.4 cm³/mol. The van der Waals surface area contributed by atoms with Crippen molar-refractivity contribution in [3.8, 4) is 23.0 Å². The van der Waals surface area contributed by atoms with Crippen molar-refractivity contribution in [2.24, 2.45) is 0 Å². The summed E-state index contributed by atoms with van der Waals surface area (Å²) in [6, 6.07) is 6.42. The van der Waals surface area contributed by atoms with Crippen LogP contribution in [0.25, 0.3) is 16.8 Å². The van der Waals surface area contributed by atoms with E-state index in [0.717, 1.165) is 29.0 Å². The molecule has 0 saturated carbocycles. The lowest BCUT2D eigenvalue weighted by Crippen LogP contribution is -2.18. The van der Waals surface area contributed by atoms with E-state index in [-0.39, 0.29) is 6.04 Å². The summed E-state index contributed by atoms with van der Waals surface area (Å²) >= 11 is 0. The average Bonchev–Trinajstić information content (AvgIpc) is 3.09. The van der Waals surface area contributed by atoms with Gasteiger partial charge in [0.2, 0.25) is 0 Å². The summed E-state index contributed by atoms with van der Waals surface area (Å²) in [4.78, 5) is 9.05. The Morgan fingerprint density at radius 3 is 2.79 bits per heavy atom. The van der Waals surface area contributed by atoms with E-state index in [4.69, 9.17) is 9.47 Å². The van der Waals surface area contributed by atoms with Crippen molar-refractivity contribution in [3.05, 3.63) is 36.3 Å². The second-order valence-electron chi connectivity index (χ2n) is 5.38. The van der Waals surface area contributed by atoms with Crippen LogP contribution >= 0.6 is 0 Å². The van der Waals surface area contributed by atoms with Gasteiger partial charge in [-0.1, -0.05) is 6.92 Å². The first-order chi connectivity index (χ1) is 11.7. The van der Waals surface area contributed by atoms with Gasteiger partial charge in [0.1, 0.15) is 5.75 Å². The Kier molecular flexibility index (Phi) is 4.61. The SMILES string of the molecule is CCNC(C)c1cc(-c2cc3ccnn3c(OC)n2)c(OC)cn1. The average molecular weight is 327 g/mol. The van der Waals surface area contributed by atoms with Crippen LogP contribution in [0.15, 0.2) is 30.6 Å². The molecule has 0 aliphatic rings. The molecule has 0 aromatic carbocycles. The molecule has 0 saturated heterocycles. The molecule has 0 fully saturated rings. The molecular formula is C17H21N5O2. The second kappa shape index (κ2) is 6.84. The van der Waals surface area contributed by atoms with E-state index >= 15 is 0 Å². The van der Waals surface area contributed by atoms with Gasteiger partial charge in [-0.15, -0.1) is 0 Å². The van der Waals surface area contributed by atoms with E-state index < -0.39 is 0 Å². The van der Waals surface area contributed by atoms with E-state index in [1.165, 1.54) is 0 Å². The summed E-state index contributed by atoms with van der Waals surface area (Å²) in [7, 11) is 3.21. The van der Waals surface area contributed by atoms with Gasteiger partial charge in [-0.25, -0.2) is 0 Å². The number of aromatic nitrogens is 4. The molecular weight excluding hydrogens is 306 g/mol. The zero-order valence-corrected chi connectivity index (χ0v) is 14.3. The Morgan fingerprint density at radius 1 is 1.25 bits per heavy atom. The largest absolute Gasteiger partial charge is 0.494 e. The molecule has 1 N–H and O–H groups in total. The lowest BCUT2D eigenvalue weighted by atomic mass is 10.1. The van der Waals surface area contributed by atoms with E-state index in [0.29, 0.717) is 11.8 Å². The second-order valence-corrected chi connectivity index (χ2v) is 5.38. The number of fused-ring (bicyclic) bond motifs is 1. The fraction of sp³-hybridized carbons (Fsp3) is 0.353. The summed E-state index contributed by atoms with van der Waals surface area (Å²) in [6.07, 6.45) is 3.44. The predicted octanol–water partition coefficient (Wildman–Crippen LogP) is 2.48. The van der Waals surface area contributed by atoms with Crippen molar-refractivity contribution in [3.63, 3.8) is 0 Å². The lowest BCUT2D eigenvalue weighted by Gasteiger charge is -2.15. The summed E-state index contributed by atoms with van der Waals surface area (Å²) in [5.41, 5.74) is 3.46. The first-order valence-corrected chi connectivity index (χ1v) is 7.84. The maximum Gasteiger partial charge on any atom is 0.318 e. The third-order valence-corrected chi connectivity index (χ3v) is 3.87. The quantitative estimate of drug-likeness (QED) is 0.750. The van der Waals surface area contributed by atoms with Gasteiger partial charge in [-0.2, -0.15) is 14.6 Å². The number of pyridine rings is 1.